The third kappa shape index (κ3) is 6.12. The van der Waals surface area contributed by atoms with E-state index in [0.29, 0.717) is 15.2 Å². The van der Waals surface area contributed by atoms with E-state index in [0.717, 1.165) is 22.2 Å². The highest BCUT2D eigenvalue weighted by Crippen LogP contribution is 2.29. The number of nitrogens with zero attached hydrogens (tertiary/aromatic N) is 3. The van der Waals surface area contributed by atoms with Gasteiger partial charge in [0, 0.05) is 17.0 Å². The molecule has 12 heteroatoms. The van der Waals surface area contributed by atoms with Crippen LogP contribution in [0.25, 0.3) is 17.0 Å². The number of aryl methyl sites for hydroxylation is 1. The van der Waals surface area contributed by atoms with Gasteiger partial charge in [-0.2, -0.15) is 18.2 Å². The number of nitrogens with one attached hydrogen (secondary N) is 1. The van der Waals surface area contributed by atoms with E-state index < -0.39 is 12.1 Å². The second-order valence-corrected chi connectivity index (χ2v) is 7.88. The van der Waals surface area contributed by atoms with E-state index in [1.54, 1.807) is 6.20 Å². The Morgan fingerprint density at radius 3 is 2.68 bits per heavy atom. The van der Waals surface area contributed by atoms with Gasteiger partial charge in [0.25, 0.3) is 5.91 Å². The third-order valence-electron chi connectivity index (χ3n) is 3.62. The van der Waals surface area contributed by atoms with Crippen LogP contribution in [0.15, 0.2) is 51.8 Å². The molecule has 3 aromatic rings. The molecule has 1 aliphatic rings. The number of thioether (sulfide) groups is 1. The smallest absolute Gasteiger partial charge is 0.475 e. The number of carboxylic acid groups (broad SMARTS) is 1. The second kappa shape index (κ2) is 9.27. The van der Waals surface area contributed by atoms with Crippen molar-refractivity contribution in [3.8, 4) is 0 Å². The summed E-state index contributed by atoms with van der Waals surface area (Å²) in [5.74, 6) is -2.90. The van der Waals surface area contributed by atoms with Crippen LogP contribution in [-0.4, -0.2) is 38.3 Å². The molecule has 0 radical (unpaired) electrons. The van der Waals surface area contributed by atoms with Crippen molar-refractivity contribution in [2.75, 3.05) is 0 Å². The Labute approximate surface area is 181 Å². The summed E-state index contributed by atoms with van der Waals surface area (Å²) in [5.41, 5.74) is 2.82. The summed E-state index contributed by atoms with van der Waals surface area (Å²) in [5, 5.41) is 14.1. The minimum Gasteiger partial charge on any atom is -0.475 e. The standard InChI is InChI=1S/C17H12N4OS2.C2HF3O2/c1-10-9-23-16(19-10)21-17-20-15(22)14(24-17)8-11-4-5-13-12(7-11)3-2-6-18-13;3-2(4,5)1(6)7/h2-9H,1H3,(H,19,20,21,22);(H,6,7). The summed E-state index contributed by atoms with van der Waals surface area (Å²) >= 11 is 2.78. The largest absolute Gasteiger partial charge is 0.490 e. The molecule has 4 rings (SSSR count). The number of alkyl halides is 3. The number of amidine groups is 1. The SMILES string of the molecule is Cc1csc(N=C2NC(=O)C(=Cc3ccc4ncccc4c3)S2)n1.O=C(O)C(F)(F)F. The maximum absolute atomic E-state index is 12.1. The number of carboxylic acids is 1. The maximum atomic E-state index is 12.1. The minimum absolute atomic E-state index is 0.140. The van der Waals surface area contributed by atoms with Crippen molar-refractivity contribution in [3.05, 3.63) is 58.1 Å². The first kappa shape index (κ1) is 22.4. The van der Waals surface area contributed by atoms with Crippen LogP contribution in [0.1, 0.15) is 11.3 Å². The average Bonchev–Trinajstić information content (AvgIpc) is 3.26. The van der Waals surface area contributed by atoms with E-state index in [1.165, 1.54) is 23.1 Å². The lowest BCUT2D eigenvalue weighted by atomic mass is 10.1. The highest BCUT2D eigenvalue weighted by molar-refractivity contribution is 8.18. The monoisotopic (exact) mass is 466 g/mol. The van der Waals surface area contributed by atoms with Crippen LogP contribution in [0.2, 0.25) is 0 Å². The van der Waals surface area contributed by atoms with Crippen molar-refractivity contribution < 1.29 is 27.9 Å². The van der Waals surface area contributed by atoms with E-state index in [9.17, 15) is 18.0 Å². The number of carbonyl (C=O) groups is 2. The van der Waals surface area contributed by atoms with Crippen molar-refractivity contribution in [1.29, 1.82) is 0 Å². The number of thiazole rings is 1. The molecule has 1 fully saturated rings. The first-order chi connectivity index (χ1) is 14.6. The van der Waals surface area contributed by atoms with Crippen LogP contribution in [-0.2, 0) is 9.59 Å². The van der Waals surface area contributed by atoms with Crippen LogP contribution in [0, 0.1) is 6.92 Å². The van der Waals surface area contributed by atoms with E-state index in [4.69, 9.17) is 9.90 Å². The number of pyridine rings is 1. The zero-order valence-corrected chi connectivity index (χ0v) is 17.3. The summed E-state index contributed by atoms with van der Waals surface area (Å²) < 4.78 is 31.7. The number of hydrogen-bond acceptors (Lipinski definition) is 7. The van der Waals surface area contributed by atoms with Gasteiger partial charge < -0.3 is 10.4 Å². The molecule has 2 aromatic heterocycles. The molecule has 2 N–H and O–H groups in total. The molecule has 31 heavy (non-hydrogen) atoms. The van der Waals surface area contributed by atoms with Crippen LogP contribution >= 0.6 is 23.1 Å². The fourth-order valence-electron chi connectivity index (χ4n) is 2.30. The minimum atomic E-state index is -5.08. The Kier molecular flexibility index (Phi) is 6.71. The van der Waals surface area contributed by atoms with Crippen molar-refractivity contribution in [3.63, 3.8) is 0 Å². The van der Waals surface area contributed by atoms with Gasteiger partial charge >= 0.3 is 12.1 Å². The van der Waals surface area contributed by atoms with Gasteiger partial charge in [0.2, 0.25) is 5.13 Å². The van der Waals surface area contributed by atoms with Crippen molar-refractivity contribution in [1.82, 2.24) is 15.3 Å². The van der Waals surface area contributed by atoms with E-state index in [-0.39, 0.29) is 5.91 Å². The van der Waals surface area contributed by atoms with Gasteiger partial charge in [-0.25, -0.2) is 9.78 Å². The molecule has 3 heterocycles. The third-order valence-corrected chi connectivity index (χ3v) is 5.38. The molecule has 1 aliphatic heterocycles. The van der Waals surface area contributed by atoms with Crippen LogP contribution in [0.4, 0.5) is 18.3 Å². The van der Waals surface area contributed by atoms with E-state index in [1.807, 2.05) is 48.7 Å². The Morgan fingerprint density at radius 1 is 1.29 bits per heavy atom. The number of carbonyl (C=O) groups excluding carboxylic acids is 1. The number of aliphatic carboxylic acids is 1. The molecule has 0 bridgehead atoms. The van der Waals surface area contributed by atoms with Gasteiger partial charge in [0.1, 0.15) is 0 Å². The zero-order valence-electron chi connectivity index (χ0n) is 15.7. The molecule has 1 aromatic carbocycles. The van der Waals surface area contributed by atoms with E-state index >= 15 is 0 Å². The number of amides is 1. The molecule has 0 aliphatic carbocycles. The van der Waals surface area contributed by atoms with Crippen molar-refractivity contribution in [2.45, 2.75) is 13.1 Å². The number of benzene rings is 1. The molecule has 160 valence electrons. The molecular weight excluding hydrogens is 453 g/mol. The Balaban J connectivity index is 0.000000339. The van der Waals surface area contributed by atoms with Crippen LogP contribution < -0.4 is 5.32 Å². The summed E-state index contributed by atoms with van der Waals surface area (Å²) in [7, 11) is 0. The number of rotatable bonds is 2. The lowest BCUT2D eigenvalue weighted by Gasteiger charge is -1.99. The summed E-state index contributed by atoms with van der Waals surface area (Å²) in [6.07, 6.45) is -1.45. The normalized spacial score (nSPS) is 16.3. The molecule has 0 unspecified atom stereocenters. The first-order valence-electron chi connectivity index (χ1n) is 8.48. The zero-order chi connectivity index (χ0) is 22.6. The molecule has 1 saturated heterocycles. The molecule has 7 nitrogen and oxygen atoms in total. The van der Waals surface area contributed by atoms with Gasteiger partial charge in [0.05, 0.1) is 16.1 Å². The summed E-state index contributed by atoms with van der Waals surface area (Å²) in [6.45, 7) is 1.92. The lowest BCUT2D eigenvalue weighted by Crippen LogP contribution is -2.21. The quantitative estimate of drug-likeness (QED) is 0.538. The number of halogens is 3. The number of aliphatic imine (C=N–C) groups is 1. The van der Waals surface area contributed by atoms with Crippen LogP contribution in [0.3, 0.4) is 0 Å². The topological polar surface area (TPSA) is 105 Å². The molecule has 1 amide bonds. The summed E-state index contributed by atoms with van der Waals surface area (Å²) in [4.78, 5) is 34.6. The number of hydrogen-bond donors (Lipinski definition) is 2. The average molecular weight is 466 g/mol. The number of fused-ring (bicyclic) bond motifs is 1. The van der Waals surface area contributed by atoms with Gasteiger partial charge in [-0.15, -0.1) is 11.3 Å². The highest BCUT2D eigenvalue weighted by atomic mass is 32.2. The number of aromatic nitrogens is 2. The molecule has 0 saturated carbocycles. The molecule has 0 spiro atoms. The first-order valence-corrected chi connectivity index (χ1v) is 10.2. The maximum Gasteiger partial charge on any atom is 0.490 e. The highest BCUT2D eigenvalue weighted by Gasteiger charge is 2.38. The van der Waals surface area contributed by atoms with Gasteiger partial charge in [-0.3, -0.25) is 9.78 Å². The summed E-state index contributed by atoms with van der Waals surface area (Å²) in [6, 6.07) is 9.82. The Bertz CT molecular complexity index is 1210. The van der Waals surface area contributed by atoms with E-state index in [2.05, 4.69) is 20.3 Å². The molecule has 0 atom stereocenters. The van der Waals surface area contributed by atoms with Crippen molar-refractivity contribution >= 4 is 62.3 Å². The fraction of sp³-hybridized carbons (Fsp3) is 0.105. The predicted octanol–water partition coefficient (Wildman–Crippen LogP) is 4.52. The molecular formula is C19H13F3N4O3S2. The Hall–Kier alpha value is -3.25. The Morgan fingerprint density at radius 2 is 2.03 bits per heavy atom. The van der Waals surface area contributed by atoms with Crippen LogP contribution in [0.5, 0.6) is 0 Å². The lowest BCUT2D eigenvalue weighted by molar-refractivity contribution is -0.192. The van der Waals surface area contributed by atoms with Gasteiger partial charge in [-0.05, 0) is 48.5 Å². The fourth-order valence-corrected chi connectivity index (χ4v) is 3.85. The van der Waals surface area contributed by atoms with Gasteiger partial charge in [-0.1, -0.05) is 12.1 Å². The van der Waals surface area contributed by atoms with Crippen molar-refractivity contribution in [2.24, 2.45) is 4.99 Å². The predicted molar refractivity (Wildman–Crippen MR) is 113 cm³/mol. The second-order valence-electron chi connectivity index (χ2n) is 6.01. The van der Waals surface area contributed by atoms with Gasteiger partial charge in [0.15, 0.2) is 5.17 Å².